The third kappa shape index (κ3) is 6.07. The summed E-state index contributed by atoms with van der Waals surface area (Å²) in [5, 5.41) is 12.7. The monoisotopic (exact) mass is 786 g/mol. The van der Waals surface area contributed by atoms with Crippen molar-refractivity contribution in [1.29, 1.82) is 0 Å². The molecule has 0 nitrogen and oxygen atoms in total. The third-order valence-corrected chi connectivity index (χ3v) is 13.1. The second kappa shape index (κ2) is 15.0. The Bertz CT molecular complexity index is 3510. The largest absolute Gasteiger partial charge is 0.0830 e. The first-order valence-corrected chi connectivity index (χ1v) is 21.8. The van der Waals surface area contributed by atoms with Gasteiger partial charge in [0.2, 0.25) is 0 Å². The van der Waals surface area contributed by atoms with Crippen LogP contribution >= 0.6 is 0 Å². The fourth-order valence-corrected chi connectivity index (χ4v) is 10.3. The number of fused-ring (bicyclic) bond motifs is 5. The summed E-state index contributed by atoms with van der Waals surface area (Å²) in [6.07, 6.45) is 8.22. The van der Waals surface area contributed by atoms with Crippen LogP contribution in [0, 0.1) is 0 Å². The Hall–Kier alpha value is -7.80. The van der Waals surface area contributed by atoms with Crippen LogP contribution in [0.1, 0.15) is 23.5 Å². The van der Waals surface area contributed by atoms with E-state index >= 15 is 0 Å². The van der Waals surface area contributed by atoms with Crippen molar-refractivity contribution in [3.8, 4) is 44.5 Å². The molecule has 0 saturated heterocycles. The lowest BCUT2D eigenvalue weighted by molar-refractivity contribution is 0.859. The summed E-state index contributed by atoms with van der Waals surface area (Å²) >= 11 is 0. The lowest BCUT2D eigenvalue weighted by Crippen LogP contribution is -2.01. The van der Waals surface area contributed by atoms with Crippen LogP contribution in [0.2, 0.25) is 0 Å². The Morgan fingerprint density at radius 3 is 1.31 bits per heavy atom. The molecule has 62 heavy (non-hydrogen) atoms. The Balaban J connectivity index is 1.02. The van der Waals surface area contributed by atoms with Gasteiger partial charge in [-0.1, -0.05) is 231 Å². The molecule has 1 aliphatic rings. The molecule has 0 aromatic heterocycles. The summed E-state index contributed by atoms with van der Waals surface area (Å²) in [4.78, 5) is 0. The van der Waals surface area contributed by atoms with Gasteiger partial charge in [-0.3, -0.25) is 0 Å². The molecular formula is C62H42. The average Bonchev–Trinajstić information content (AvgIpc) is 3.35. The highest BCUT2D eigenvalue weighted by Crippen LogP contribution is 2.47. The number of hydrogen-bond donors (Lipinski definition) is 0. The minimum atomic E-state index is 0.309. The van der Waals surface area contributed by atoms with E-state index in [4.69, 9.17) is 0 Å². The topological polar surface area (TPSA) is 0 Å². The molecule has 290 valence electrons. The molecule has 0 amide bonds. The van der Waals surface area contributed by atoms with Crippen molar-refractivity contribution in [3.05, 3.63) is 248 Å². The van der Waals surface area contributed by atoms with E-state index in [-0.39, 0.29) is 0 Å². The van der Waals surface area contributed by atoms with Crippen LogP contribution in [0.4, 0.5) is 0 Å². The molecule has 1 unspecified atom stereocenters. The van der Waals surface area contributed by atoms with Gasteiger partial charge in [0, 0.05) is 5.92 Å². The van der Waals surface area contributed by atoms with Gasteiger partial charge in [-0.05, 0) is 128 Å². The molecule has 0 fully saturated rings. The van der Waals surface area contributed by atoms with Crippen molar-refractivity contribution in [2.75, 3.05) is 0 Å². The highest BCUT2D eigenvalue weighted by atomic mass is 14.2. The molecule has 0 bridgehead atoms. The highest BCUT2D eigenvalue weighted by Gasteiger charge is 2.22. The van der Waals surface area contributed by atoms with Crippen molar-refractivity contribution in [1.82, 2.24) is 0 Å². The van der Waals surface area contributed by atoms with Crippen molar-refractivity contribution >= 4 is 59.4 Å². The minimum Gasteiger partial charge on any atom is -0.0830 e. The van der Waals surface area contributed by atoms with E-state index in [1.807, 2.05) is 0 Å². The summed E-state index contributed by atoms with van der Waals surface area (Å²) in [5.74, 6) is 0.309. The maximum absolute atomic E-state index is 2.51. The summed E-state index contributed by atoms with van der Waals surface area (Å²) in [6, 6.07) is 80.7. The Morgan fingerprint density at radius 2 is 0.726 bits per heavy atom. The molecule has 0 heteroatoms. The minimum absolute atomic E-state index is 0.309. The quantitative estimate of drug-likeness (QED) is 0.147. The normalized spacial score (nSPS) is 13.9. The Kier molecular flexibility index (Phi) is 8.75. The van der Waals surface area contributed by atoms with Gasteiger partial charge in [-0.2, -0.15) is 0 Å². The van der Waals surface area contributed by atoms with E-state index in [1.54, 1.807) is 0 Å². The molecule has 0 aliphatic heterocycles. The lowest BCUT2D eigenvalue weighted by Gasteiger charge is -2.22. The molecule has 11 aromatic carbocycles. The zero-order chi connectivity index (χ0) is 41.0. The van der Waals surface area contributed by atoms with E-state index < -0.39 is 0 Å². The maximum Gasteiger partial charge on any atom is 0.00620 e. The molecule has 0 spiro atoms. The van der Waals surface area contributed by atoms with Crippen LogP contribution in [0.25, 0.3) is 104 Å². The van der Waals surface area contributed by atoms with Crippen LogP contribution in [0.5, 0.6) is 0 Å². The molecule has 12 rings (SSSR count). The van der Waals surface area contributed by atoms with Crippen molar-refractivity contribution in [3.63, 3.8) is 0 Å². The van der Waals surface area contributed by atoms with Gasteiger partial charge in [-0.25, -0.2) is 0 Å². The first kappa shape index (κ1) is 36.1. The third-order valence-electron chi connectivity index (χ3n) is 13.1. The van der Waals surface area contributed by atoms with Crippen LogP contribution in [0.3, 0.4) is 0 Å². The molecule has 0 saturated carbocycles. The molecule has 0 heterocycles. The number of rotatable bonds is 6. The Labute approximate surface area is 362 Å². The van der Waals surface area contributed by atoms with E-state index in [0.29, 0.717) is 5.92 Å². The predicted octanol–water partition coefficient (Wildman–Crippen LogP) is 17.2. The van der Waals surface area contributed by atoms with E-state index in [9.17, 15) is 0 Å². The Morgan fingerprint density at radius 1 is 0.290 bits per heavy atom. The standard InChI is InChI=1S/C62H42/c1-3-16-41(17-4-1)49-36-37-57-58(40-49)61(43-19-5-2-6-20-43)54-27-12-9-24-51(54)60(57)45-33-31-44(32-34-45)59-52-25-10-13-28-55(52)62(56-29-14-11-26-53(56)59)50-23-15-22-47(39-50)48-35-30-42-18-7-8-21-46(42)38-48/h1-21,23-40,47H,22H2. The van der Waals surface area contributed by atoms with Crippen LogP contribution < -0.4 is 0 Å². The molecule has 11 aromatic rings. The fourth-order valence-electron chi connectivity index (χ4n) is 10.3. The number of hydrogen-bond acceptors (Lipinski definition) is 0. The van der Waals surface area contributed by atoms with Crippen LogP contribution in [-0.4, -0.2) is 0 Å². The van der Waals surface area contributed by atoms with Gasteiger partial charge in [0.15, 0.2) is 0 Å². The van der Waals surface area contributed by atoms with Crippen LogP contribution in [-0.2, 0) is 0 Å². The summed E-state index contributed by atoms with van der Waals surface area (Å²) in [7, 11) is 0. The second-order valence-electron chi connectivity index (χ2n) is 16.7. The summed E-state index contributed by atoms with van der Waals surface area (Å²) in [5.41, 5.74) is 13.9. The smallest absolute Gasteiger partial charge is 0.00620 e. The second-order valence-corrected chi connectivity index (χ2v) is 16.7. The zero-order valence-corrected chi connectivity index (χ0v) is 34.3. The van der Waals surface area contributed by atoms with Crippen LogP contribution in [0.15, 0.2) is 237 Å². The summed E-state index contributed by atoms with van der Waals surface area (Å²) < 4.78 is 0. The van der Waals surface area contributed by atoms with Gasteiger partial charge in [0.25, 0.3) is 0 Å². The number of benzene rings is 11. The highest BCUT2D eigenvalue weighted by molar-refractivity contribution is 6.23. The van der Waals surface area contributed by atoms with E-state index in [1.165, 1.54) is 115 Å². The van der Waals surface area contributed by atoms with E-state index in [0.717, 1.165) is 6.42 Å². The lowest BCUT2D eigenvalue weighted by atomic mass is 9.81. The van der Waals surface area contributed by atoms with Gasteiger partial charge < -0.3 is 0 Å². The van der Waals surface area contributed by atoms with Crippen molar-refractivity contribution < 1.29 is 0 Å². The SMILES string of the molecule is C1=CC(c2c3ccccc3c(-c3ccc(-c4c5ccccc5c(-c5ccccc5)c5cc(-c6ccccc6)ccc45)cc3)c3ccccc23)=CC(c2ccc3ccccc3c2)C1. The molecule has 1 aliphatic carbocycles. The first-order chi connectivity index (χ1) is 30.8. The van der Waals surface area contributed by atoms with Crippen molar-refractivity contribution in [2.45, 2.75) is 12.3 Å². The average molecular weight is 787 g/mol. The maximum atomic E-state index is 2.51. The molecule has 0 radical (unpaired) electrons. The number of allylic oxidation sites excluding steroid dienone is 4. The fraction of sp³-hybridized carbons (Fsp3) is 0.0323. The van der Waals surface area contributed by atoms with E-state index in [2.05, 4.69) is 237 Å². The molecular weight excluding hydrogens is 745 g/mol. The van der Waals surface area contributed by atoms with Gasteiger partial charge in [0.05, 0.1) is 0 Å². The van der Waals surface area contributed by atoms with Gasteiger partial charge >= 0.3 is 0 Å². The summed E-state index contributed by atoms with van der Waals surface area (Å²) in [6.45, 7) is 0. The van der Waals surface area contributed by atoms with Gasteiger partial charge in [-0.15, -0.1) is 0 Å². The predicted molar refractivity (Wildman–Crippen MR) is 267 cm³/mol. The molecule has 0 N–H and O–H groups in total. The zero-order valence-electron chi connectivity index (χ0n) is 34.3. The molecule has 1 atom stereocenters. The van der Waals surface area contributed by atoms with Crippen molar-refractivity contribution in [2.24, 2.45) is 0 Å². The first-order valence-electron chi connectivity index (χ1n) is 21.8. The van der Waals surface area contributed by atoms with Gasteiger partial charge in [0.1, 0.15) is 0 Å².